The molecule has 0 unspecified atom stereocenters. The zero-order chi connectivity index (χ0) is 22.7. The number of rotatable bonds is 7. The van der Waals surface area contributed by atoms with Crippen molar-refractivity contribution in [1.29, 1.82) is 0 Å². The van der Waals surface area contributed by atoms with E-state index in [0.717, 1.165) is 0 Å². The Balaban J connectivity index is 1.62. The first-order chi connectivity index (χ1) is 15.4. The molecular formula is C21H19N7O4. The number of benzene rings is 2. The largest absolute Gasteiger partial charge is 0.478 e. The fourth-order valence-corrected chi connectivity index (χ4v) is 2.91. The summed E-state index contributed by atoms with van der Waals surface area (Å²) in [5.41, 5.74) is 1.56. The van der Waals surface area contributed by atoms with E-state index in [2.05, 4.69) is 25.6 Å². The van der Waals surface area contributed by atoms with Gasteiger partial charge in [-0.1, -0.05) is 0 Å². The standard InChI is InChI=1S/C21H19N7O4/c1-27-10-11-28(12-27)21-25-19(22-15-6-2-13(3-7-15)17(29)30)24-20(26-21)23-16-8-4-14(5-9-16)18(31)32/h2-11H,12H2,1H3,(H,29,30)(H,31,32)(H2,22,23,24,25,26). The molecule has 0 bridgehead atoms. The Labute approximate surface area is 182 Å². The molecule has 2 aromatic carbocycles. The van der Waals surface area contributed by atoms with Crippen LogP contribution in [0, 0.1) is 0 Å². The van der Waals surface area contributed by atoms with Crippen LogP contribution in [0.2, 0.25) is 0 Å². The lowest BCUT2D eigenvalue weighted by atomic mass is 10.2. The summed E-state index contributed by atoms with van der Waals surface area (Å²) in [5, 5.41) is 24.2. The van der Waals surface area contributed by atoms with Crippen LogP contribution >= 0.6 is 0 Å². The number of nitrogens with zero attached hydrogens (tertiary/aromatic N) is 5. The van der Waals surface area contributed by atoms with Crippen molar-refractivity contribution in [2.45, 2.75) is 0 Å². The maximum Gasteiger partial charge on any atom is 0.335 e. The molecule has 1 aliphatic rings. The highest BCUT2D eigenvalue weighted by molar-refractivity contribution is 5.88. The van der Waals surface area contributed by atoms with Crippen molar-refractivity contribution in [3.8, 4) is 0 Å². The van der Waals surface area contributed by atoms with Gasteiger partial charge in [-0.2, -0.15) is 15.0 Å². The van der Waals surface area contributed by atoms with Gasteiger partial charge in [-0.15, -0.1) is 0 Å². The highest BCUT2D eigenvalue weighted by Crippen LogP contribution is 2.22. The molecule has 162 valence electrons. The highest BCUT2D eigenvalue weighted by Gasteiger charge is 2.17. The summed E-state index contributed by atoms with van der Waals surface area (Å²) in [6.07, 6.45) is 3.73. The second-order valence-corrected chi connectivity index (χ2v) is 6.96. The number of carboxylic acids is 2. The number of anilines is 5. The average Bonchev–Trinajstić information content (AvgIpc) is 3.21. The molecule has 32 heavy (non-hydrogen) atoms. The summed E-state index contributed by atoms with van der Waals surface area (Å²) in [5.74, 6) is -1.11. The minimum atomic E-state index is -1.01. The van der Waals surface area contributed by atoms with Gasteiger partial charge < -0.3 is 25.7 Å². The molecule has 1 aromatic heterocycles. The van der Waals surface area contributed by atoms with Gasteiger partial charge in [-0.05, 0) is 48.5 Å². The predicted molar refractivity (Wildman–Crippen MR) is 117 cm³/mol. The highest BCUT2D eigenvalue weighted by atomic mass is 16.4. The van der Waals surface area contributed by atoms with Crippen LogP contribution in [0.5, 0.6) is 0 Å². The predicted octanol–water partition coefficient (Wildman–Crippen LogP) is 2.94. The van der Waals surface area contributed by atoms with Crippen LogP contribution in [-0.2, 0) is 0 Å². The Kier molecular flexibility index (Phi) is 5.53. The maximum absolute atomic E-state index is 11.1. The van der Waals surface area contributed by atoms with Gasteiger partial charge >= 0.3 is 11.9 Å². The quantitative estimate of drug-likeness (QED) is 0.436. The van der Waals surface area contributed by atoms with E-state index in [1.54, 1.807) is 24.3 Å². The fraction of sp³-hybridized carbons (Fsp3) is 0.0952. The van der Waals surface area contributed by atoms with Crippen LogP contribution in [0.1, 0.15) is 20.7 Å². The summed E-state index contributed by atoms with van der Waals surface area (Å²) in [7, 11) is 1.92. The monoisotopic (exact) mass is 433 g/mol. The van der Waals surface area contributed by atoms with Gasteiger partial charge in [0.15, 0.2) is 0 Å². The van der Waals surface area contributed by atoms with E-state index in [-0.39, 0.29) is 23.0 Å². The normalized spacial score (nSPS) is 12.7. The van der Waals surface area contributed by atoms with E-state index < -0.39 is 11.9 Å². The molecule has 0 amide bonds. The van der Waals surface area contributed by atoms with Crippen molar-refractivity contribution in [3.63, 3.8) is 0 Å². The second-order valence-electron chi connectivity index (χ2n) is 6.96. The third kappa shape index (κ3) is 4.73. The Hall–Kier alpha value is -4.67. The van der Waals surface area contributed by atoms with Gasteiger partial charge in [0.1, 0.15) is 0 Å². The molecule has 0 atom stereocenters. The molecule has 3 aromatic rings. The van der Waals surface area contributed by atoms with Crippen LogP contribution in [0.4, 0.5) is 29.2 Å². The minimum Gasteiger partial charge on any atom is -0.478 e. The lowest BCUT2D eigenvalue weighted by Gasteiger charge is -2.18. The smallest absolute Gasteiger partial charge is 0.335 e. The molecule has 4 rings (SSSR count). The molecule has 0 spiro atoms. The van der Waals surface area contributed by atoms with Gasteiger partial charge in [0.05, 0.1) is 17.8 Å². The first-order valence-corrected chi connectivity index (χ1v) is 9.49. The van der Waals surface area contributed by atoms with E-state index in [0.29, 0.717) is 24.0 Å². The maximum atomic E-state index is 11.1. The number of hydrogen-bond acceptors (Lipinski definition) is 9. The molecule has 0 fully saturated rings. The molecular weight excluding hydrogens is 414 g/mol. The van der Waals surface area contributed by atoms with E-state index in [9.17, 15) is 9.59 Å². The summed E-state index contributed by atoms with van der Waals surface area (Å²) in [6.45, 7) is 0.559. The molecule has 11 nitrogen and oxygen atoms in total. The first kappa shape index (κ1) is 20.6. The number of carbonyl (C=O) groups is 2. The molecule has 2 heterocycles. The fourth-order valence-electron chi connectivity index (χ4n) is 2.91. The Bertz CT molecular complexity index is 1100. The lowest BCUT2D eigenvalue weighted by molar-refractivity contribution is 0.0686. The third-order valence-corrected chi connectivity index (χ3v) is 4.53. The molecule has 0 saturated carbocycles. The number of hydrogen-bond donors (Lipinski definition) is 4. The SMILES string of the molecule is CN1C=CN(c2nc(Nc3ccc(C(=O)O)cc3)nc(Nc3ccc(C(=O)O)cc3)n2)C1. The summed E-state index contributed by atoms with van der Waals surface area (Å²) >= 11 is 0. The Morgan fingerprint density at radius 1 is 0.781 bits per heavy atom. The van der Waals surface area contributed by atoms with Gasteiger partial charge in [0.2, 0.25) is 17.8 Å². The molecule has 11 heteroatoms. The molecule has 0 saturated heterocycles. The minimum absolute atomic E-state index is 0.171. The summed E-state index contributed by atoms with van der Waals surface area (Å²) in [6, 6.07) is 12.4. The molecule has 1 aliphatic heterocycles. The lowest BCUT2D eigenvalue weighted by Crippen LogP contribution is -2.24. The van der Waals surface area contributed by atoms with Gasteiger partial charge in [-0.25, -0.2) is 9.59 Å². The number of aromatic nitrogens is 3. The summed E-state index contributed by atoms with van der Waals surface area (Å²) < 4.78 is 0. The number of carboxylic acid groups (broad SMARTS) is 2. The molecule has 0 radical (unpaired) electrons. The Morgan fingerprint density at radius 3 is 1.62 bits per heavy atom. The van der Waals surface area contributed by atoms with Crippen molar-refractivity contribution in [1.82, 2.24) is 19.9 Å². The van der Waals surface area contributed by atoms with E-state index in [1.165, 1.54) is 24.3 Å². The van der Waals surface area contributed by atoms with Crippen LogP contribution < -0.4 is 15.5 Å². The second kappa shape index (κ2) is 8.60. The van der Waals surface area contributed by atoms with Crippen molar-refractivity contribution in [2.24, 2.45) is 0 Å². The summed E-state index contributed by atoms with van der Waals surface area (Å²) in [4.78, 5) is 39.2. The number of aromatic carboxylic acids is 2. The van der Waals surface area contributed by atoms with Crippen LogP contribution in [0.25, 0.3) is 0 Å². The van der Waals surface area contributed by atoms with Crippen molar-refractivity contribution in [2.75, 3.05) is 29.2 Å². The number of nitrogens with one attached hydrogen (secondary N) is 2. The Morgan fingerprint density at radius 2 is 1.25 bits per heavy atom. The van der Waals surface area contributed by atoms with Gasteiger partial charge in [0.25, 0.3) is 0 Å². The molecule has 0 aliphatic carbocycles. The molecule has 4 N–H and O–H groups in total. The zero-order valence-electron chi connectivity index (χ0n) is 16.9. The van der Waals surface area contributed by atoms with Crippen molar-refractivity contribution >= 4 is 41.2 Å². The third-order valence-electron chi connectivity index (χ3n) is 4.53. The van der Waals surface area contributed by atoms with Crippen LogP contribution in [-0.4, -0.2) is 55.7 Å². The van der Waals surface area contributed by atoms with Gasteiger partial charge in [0, 0.05) is 30.8 Å². The zero-order valence-corrected chi connectivity index (χ0v) is 16.9. The van der Waals surface area contributed by atoms with E-state index in [4.69, 9.17) is 10.2 Å². The topological polar surface area (TPSA) is 144 Å². The van der Waals surface area contributed by atoms with Crippen LogP contribution in [0.3, 0.4) is 0 Å². The van der Waals surface area contributed by atoms with Crippen molar-refractivity contribution in [3.05, 3.63) is 72.1 Å². The van der Waals surface area contributed by atoms with E-state index >= 15 is 0 Å². The van der Waals surface area contributed by atoms with Crippen molar-refractivity contribution < 1.29 is 19.8 Å². The van der Waals surface area contributed by atoms with Gasteiger partial charge in [-0.3, -0.25) is 4.90 Å². The van der Waals surface area contributed by atoms with E-state index in [1.807, 2.05) is 29.2 Å². The average molecular weight is 433 g/mol. The first-order valence-electron chi connectivity index (χ1n) is 9.49. The van der Waals surface area contributed by atoms with Crippen LogP contribution in [0.15, 0.2) is 60.9 Å².